The summed E-state index contributed by atoms with van der Waals surface area (Å²) in [6, 6.07) is 5.67. The molecule has 3 nitrogen and oxygen atoms in total. The molecule has 0 aromatic heterocycles. The molecule has 2 rings (SSSR count). The molecule has 0 amide bonds. The van der Waals surface area contributed by atoms with E-state index >= 15 is 0 Å². The summed E-state index contributed by atoms with van der Waals surface area (Å²) in [5.41, 5.74) is 7.57. The molecule has 1 aliphatic rings. The van der Waals surface area contributed by atoms with Crippen LogP contribution in [0.1, 0.15) is 19.4 Å². The van der Waals surface area contributed by atoms with Crippen LogP contribution >= 0.6 is 23.8 Å². The molecule has 1 heterocycles. The van der Waals surface area contributed by atoms with Crippen LogP contribution < -0.4 is 10.6 Å². The Morgan fingerprint density at radius 1 is 1.50 bits per heavy atom. The van der Waals surface area contributed by atoms with Crippen molar-refractivity contribution in [1.82, 2.24) is 0 Å². The van der Waals surface area contributed by atoms with E-state index < -0.39 is 0 Å². The van der Waals surface area contributed by atoms with Crippen LogP contribution in [0.5, 0.6) is 0 Å². The largest absolute Gasteiger partial charge is 0.389 e. The molecule has 0 spiro atoms. The average molecular weight is 285 g/mol. The molecule has 18 heavy (non-hydrogen) atoms. The number of hydrogen-bond donors (Lipinski definition) is 1. The lowest BCUT2D eigenvalue weighted by Crippen LogP contribution is -2.53. The second-order valence-corrected chi connectivity index (χ2v) is 5.92. The Morgan fingerprint density at radius 2 is 2.22 bits per heavy atom. The number of ether oxygens (including phenoxy) is 1. The van der Waals surface area contributed by atoms with Crippen LogP contribution in [0.25, 0.3) is 0 Å². The molecular weight excluding hydrogens is 268 g/mol. The first-order chi connectivity index (χ1) is 8.42. The molecular formula is C13H17ClN2OS. The molecule has 1 fully saturated rings. The van der Waals surface area contributed by atoms with Gasteiger partial charge in [-0.3, -0.25) is 0 Å². The Labute approximate surface area is 118 Å². The number of halogens is 1. The smallest absolute Gasteiger partial charge is 0.106 e. The first-order valence-corrected chi connectivity index (χ1v) is 6.65. The molecule has 0 aliphatic carbocycles. The Kier molecular flexibility index (Phi) is 3.80. The zero-order valence-corrected chi connectivity index (χ0v) is 12.1. The minimum Gasteiger partial charge on any atom is -0.389 e. The zero-order valence-electron chi connectivity index (χ0n) is 10.6. The van der Waals surface area contributed by atoms with Gasteiger partial charge < -0.3 is 15.4 Å². The van der Waals surface area contributed by atoms with Gasteiger partial charge in [-0.05, 0) is 32.0 Å². The monoisotopic (exact) mass is 284 g/mol. The summed E-state index contributed by atoms with van der Waals surface area (Å²) in [6.07, 6.45) is 0. The van der Waals surface area contributed by atoms with E-state index in [9.17, 15) is 0 Å². The van der Waals surface area contributed by atoms with Gasteiger partial charge in [0.2, 0.25) is 0 Å². The van der Waals surface area contributed by atoms with E-state index in [2.05, 4.69) is 18.7 Å². The Morgan fingerprint density at radius 3 is 2.83 bits per heavy atom. The number of thiocarbonyl (C=S) groups is 1. The zero-order chi connectivity index (χ0) is 13.3. The molecule has 0 radical (unpaired) electrons. The Bertz CT molecular complexity index is 476. The van der Waals surface area contributed by atoms with Gasteiger partial charge in [0.1, 0.15) is 4.99 Å². The molecule has 1 aliphatic heterocycles. The maximum Gasteiger partial charge on any atom is 0.106 e. The standard InChI is InChI=1S/C13H17ClN2OS/c1-13(2)8-17-6-5-16(13)11-4-3-9(14)7-10(11)12(15)18/h3-4,7H,5-6,8H2,1-2H3,(H2,15,18). The third kappa shape index (κ3) is 2.60. The van der Waals surface area contributed by atoms with Gasteiger partial charge in [0, 0.05) is 22.8 Å². The van der Waals surface area contributed by atoms with Gasteiger partial charge in [-0.15, -0.1) is 0 Å². The van der Waals surface area contributed by atoms with Crippen LogP contribution in [0, 0.1) is 0 Å². The fourth-order valence-corrected chi connectivity index (χ4v) is 2.58. The fraction of sp³-hybridized carbons (Fsp3) is 0.462. The second kappa shape index (κ2) is 5.03. The van der Waals surface area contributed by atoms with Gasteiger partial charge in [-0.25, -0.2) is 0 Å². The lowest BCUT2D eigenvalue weighted by Gasteiger charge is -2.44. The van der Waals surface area contributed by atoms with Crippen molar-refractivity contribution >= 4 is 34.5 Å². The first kappa shape index (κ1) is 13.6. The van der Waals surface area contributed by atoms with Gasteiger partial charge in [0.15, 0.2) is 0 Å². The maximum atomic E-state index is 6.01. The van der Waals surface area contributed by atoms with Crippen LogP contribution in [-0.2, 0) is 4.74 Å². The number of nitrogens with two attached hydrogens (primary N) is 1. The van der Waals surface area contributed by atoms with Crippen LogP contribution in [0.2, 0.25) is 5.02 Å². The fourth-order valence-electron chi connectivity index (χ4n) is 2.25. The molecule has 2 N–H and O–H groups in total. The van der Waals surface area contributed by atoms with Crippen molar-refractivity contribution in [3.8, 4) is 0 Å². The summed E-state index contributed by atoms with van der Waals surface area (Å²) < 4.78 is 5.53. The van der Waals surface area contributed by atoms with Gasteiger partial charge in [-0.1, -0.05) is 23.8 Å². The van der Waals surface area contributed by atoms with Crippen molar-refractivity contribution in [1.29, 1.82) is 0 Å². The number of rotatable bonds is 2. The van der Waals surface area contributed by atoms with Gasteiger partial charge in [0.25, 0.3) is 0 Å². The lowest BCUT2D eigenvalue weighted by molar-refractivity contribution is 0.0644. The molecule has 0 bridgehead atoms. The minimum atomic E-state index is -0.0778. The van der Waals surface area contributed by atoms with Crippen LogP contribution in [0.3, 0.4) is 0 Å². The third-order valence-corrected chi connectivity index (χ3v) is 3.62. The molecule has 98 valence electrons. The molecule has 0 atom stereocenters. The van der Waals surface area contributed by atoms with Gasteiger partial charge in [-0.2, -0.15) is 0 Å². The average Bonchev–Trinajstić information content (AvgIpc) is 2.29. The number of morpholine rings is 1. The van der Waals surface area contributed by atoms with Gasteiger partial charge in [0.05, 0.1) is 18.8 Å². The van der Waals surface area contributed by atoms with E-state index in [-0.39, 0.29) is 5.54 Å². The topological polar surface area (TPSA) is 38.5 Å². The quantitative estimate of drug-likeness (QED) is 0.847. The van der Waals surface area contributed by atoms with Crippen LogP contribution in [0.4, 0.5) is 5.69 Å². The highest BCUT2D eigenvalue weighted by Crippen LogP contribution is 2.31. The maximum absolute atomic E-state index is 6.01. The van der Waals surface area contributed by atoms with Gasteiger partial charge >= 0.3 is 0 Å². The number of benzene rings is 1. The predicted molar refractivity (Wildman–Crippen MR) is 79.6 cm³/mol. The number of nitrogens with zero attached hydrogens (tertiary/aromatic N) is 1. The molecule has 1 aromatic rings. The summed E-state index contributed by atoms with van der Waals surface area (Å²) in [5, 5.41) is 0.646. The predicted octanol–water partition coefficient (Wildman–Crippen LogP) is 2.59. The molecule has 1 aromatic carbocycles. The Hall–Kier alpha value is -0.840. The normalized spacial score (nSPS) is 18.7. The van der Waals surface area contributed by atoms with Crippen molar-refractivity contribution < 1.29 is 4.74 Å². The van der Waals surface area contributed by atoms with Crippen molar-refractivity contribution in [2.45, 2.75) is 19.4 Å². The van der Waals surface area contributed by atoms with Crippen LogP contribution in [-0.4, -0.2) is 30.3 Å². The van der Waals surface area contributed by atoms with Crippen molar-refractivity contribution in [3.63, 3.8) is 0 Å². The lowest BCUT2D eigenvalue weighted by atomic mass is 9.99. The molecule has 1 saturated heterocycles. The summed E-state index contributed by atoms with van der Waals surface area (Å²) in [4.78, 5) is 2.65. The van der Waals surface area contributed by atoms with Crippen molar-refractivity contribution in [3.05, 3.63) is 28.8 Å². The number of hydrogen-bond acceptors (Lipinski definition) is 3. The van der Waals surface area contributed by atoms with E-state index in [1.54, 1.807) is 0 Å². The summed E-state index contributed by atoms with van der Waals surface area (Å²) in [5.74, 6) is 0. The molecule has 0 saturated carbocycles. The Balaban J connectivity index is 2.46. The SMILES string of the molecule is CC1(C)COCCN1c1ccc(Cl)cc1C(N)=S. The minimum absolute atomic E-state index is 0.0778. The van der Waals surface area contributed by atoms with E-state index in [0.29, 0.717) is 23.2 Å². The summed E-state index contributed by atoms with van der Waals surface area (Å²) in [7, 11) is 0. The van der Waals surface area contributed by atoms with Crippen molar-refractivity contribution in [2.24, 2.45) is 5.73 Å². The first-order valence-electron chi connectivity index (χ1n) is 5.86. The highest BCUT2D eigenvalue weighted by molar-refractivity contribution is 7.80. The van der Waals surface area contributed by atoms with E-state index in [1.807, 2.05) is 18.2 Å². The highest BCUT2D eigenvalue weighted by Gasteiger charge is 2.32. The third-order valence-electron chi connectivity index (χ3n) is 3.16. The van der Waals surface area contributed by atoms with E-state index in [4.69, 9.17) is 34.3 Å². The van der Waals surface area contributed by atoms with E-state index in [0.717, 1.165) is 17.8 Å². The summed E-state index contributed by atoms with van der Waals surface area (Å²) >= 11 is 11.1. The number of anilines is 1. The van der Waals surface area contributed by atoms with Crippen molar-refractivity contribution in [2.75, 3.05) is 24.7 Å². The second-order valence-electron chi connectivity index (χ2n) is 5.04. The highest BCUT2D eigenvalue weighted by atomic mass is 35.5. The summed E-state index contributed by atoms with van der Waals surface area (Å²) in [6.45, 7) is 6.51. The molecule has 0 unspecified atom stereocenters. The van der Waals surface area contributed by atoms with Crippen LogP contribution in [0.15, 0.2) is 18.2 Å². The van der Waals surface area contributed by atoms with E-state index in [1.165, 1.54) is 0 Å². The molecule has 5 heteroatoms.